The first kappa shape index (κ1) is 44.2. The number of carboxylic acids is 5. The van der Waals surface area contributed by atoms with Gasteiger partial charge in [0.25, 0.3) is 0 Å². The Balaban J connectivity index is -0.000000204. The summed E-state index contributed by atoms with van der Waals surface area (Å²) < 4.78 is 0. The molecule has 1 saturated heterocycles. The van der Waals surface area contributed by atoms with Crippen molar-refractivity contribution in [3.8, 4) is 0 Å². The van der Waals surface area contributed by atoms with Gasteiger partial charge in [-0.15, -0.1) is 0 Å². The third-order valence-electron chi connectivity index (χ3n) is 5.34. The van der Waals surface area contributed by atoms with E-state index in [2.05, 4.69) is 5.32 Å². The standard InChI is InChI=1S/2C6H13NO2.C5H9NO2.C5H11NO2.C3H7NO2/c1-4(2)3-5(7)6(8)9;1-3-4(2)5(7)6(8)9;7-5(8)4-2-1-3-6-4;1-3(2)4(6)5(7)8;1-2(4)3(5)6/h2*4-5H,3,7H2,1-2H3,(H,8,9);4,6H,1-3H2,(H,7,8);3-4H,6H2,1-2H3,(H,7,8);2H,4H2,1H3,(H,5,6). The van der Waals surface area contributed by atoms with Crippen molar-refractivity contribution in [1.29, 1.82) is 0 Å². The summed E-state index contributed by atoms with van der Waals surface area (Å²) in [4.78, 5) is 50.0. The summed E-state index contributed by atoms with van der Waals surface area (Å²) in [6, 6.07) is -3.10. The molecule has 0 aromatic heterocycles. The van der Waals surface area contributed by atoms with E-state index in [1.807, 2.05) is 27.7 Å². The smallest absolute Gasteiger partial charge is 0.320 e. The molecule has 0 saturated carbocycles. The second-order valence-corrected chi connectivity index (χ2v) is 10.0. The molecule has 14 N–H and O–H groups in total. The molecule has 6 atom stereocenters. The predicted molar refractivity (Wildman–Crippen MR) is 151 cm³/mol. The van der Waals surface area contributed by atoms with Gasteiger partial charge in [-0.3, -0.25) is 24.0 Å². The summed E-state index contributed by atoms with van der Waals surface area (Å²) >= 11 is 0. The third-order valence-corrected chi connectivity index (χ3v) is 5.34. The molecule has 1 rings (SSSR count). The molecule has 238 valence electrons. The Labute approximate surface area is 236 Å². The van der Waals surface area contributed by atoms with Crippen LogP contribution in [-0.2, 0) is 24.0 Å². The van der Waals surface area contributed by atoms with Crippen LogP contribution in [0.15, 0.2) is 0 Å². The highest BCUT2D eigenvalue weighted by Crippen LogP contribution is 2.04. The number of hydrogen-bond acceptors (Lipinski definition) is 10. The van der Waals surface area contributed by atoms with Gasteiger partial charge in [-0.05, 0) is 50.5 Å². The largest absolute Gasteiger partial charge is 0.480 e. The molecular formula is C25H53N5O10. The summed E-state index contributed by atoms with van der Waals surface area (Å²) in [5, 5.41) is 44.0. The number of aliphatic carboxylic acids is 5. The Kier molecular flexibility index (Phi) is 27.8. The van der Waals surface area contributed by atoms with Crippen molar-refractivity contribution in [2.24, 2.45) is 40.7 Å². The Morgan fingerprint density at radius 1 is 0.750 bits per heavy atom. The minimum absolute atomic E-state index is 0.0208. The summed E-state index contributed by atoms with van der Waals surface area (Å²) in [6.07, 6.45) is 3.15. The van der Waals surface area contributed by atoms with E-state index < -0.39 is 54.0 Å². The Morgan fingerprint density at radius 2 is 1.18 bits per heavy atom. The van der Waals surface area contributed by atoms with E-state index >= 15 is 0 Å². The lowest BCUT2D eigenvalue weighted by Gasteiger charge is -2.11. The van der Waals surface area contributed by atoms with E-state index in [1.54, 1.807) is 13.8 Å². The molecule has 6 unspecified atom stereocenters. The van der Waals surface area contributed by atoms with Gasteiger partial charge >= 0.3 is 29.8 Å². The van der Waals surface area contributed by atoms with E-state index in [9.17, 15) is 24.0 Å². The van der Waals surface area contributed by atoms with Crippen LogP contribution in [0, 0.1) is 17.8 Å². The van der Waals surface area contributed by atoms with Gasteiger partial charge in [0.15, 0.2) is 0 Å². The molecule has 1 aliphatic heterocycles. The zero-order valence-electron chi connectivity index (χ0n) is 24.7. The average Bonchev–Trinajstić information content (AvgIpc) is 3.39. The Hall–Kier alpha value is -2.85. The summed E-state index contributed by atoms with van der Waals surface area (Å²) in [5.74, 6) is -3.99. The molecule has 0 aliphatic carbocycles. The van der Waals surface area contributed by atoms with Crippen molar-refractivity contribution < 1.29 is 49.5 Å². The van der Waals surface area contributed by atoms with E-state index in [0.717, 1.165) is 25.8 Å². The molecule has 1 heterocycles. The van der Waals surface area contributed by atoms with Crippen molar-refractivity contribution in [2.75, 3.05) is 6.54 Å². The fourth-order valence-electron chi connectivity index (χ4n) is 2.29. The molecule has 0 radical (unpaired) electrons. The number of hydrogen-bond donors (Lipinski definition) is 10. The van der Waals surface area contributed by atoms with E-state index in [0.29, 0.717) is 12.3 Å². The van der Waals surface area contributed by atoms with Gasteiger partial charge in [0.2, 0.25) is 0 Å². The van der Waals surface area contributed by atoms with E-state index in [4.69, 9.17) is 48.5 Å². The molecule has 0 amide bonds. The number of rotatable bonds is 10. The third kappa shape index (κ3) is 28.2. The SMILES string of the molecule is CC(C)C(N)C(=O)O.CC(C)CC(N)C(=O)O.CC(N)C(=O)O.CCC(C)C(N)C(=O)O.O=C(O)C1CCCN1. The highest BCUT2D eigenvalue weighted by molar-refractivity contribution is 5.74. The van der Waals surface area contributed by atoms with Crippen molar-refractivity contribution in [3.05, 3.63) is 0 Å². The molecule has 1 fully saturated rings. The molecule has 0 spiro atoms. The summed E-state index contributed by atoms with van der Waals surface area (Å²) in [5.41, 5.74) is 20.5. The van der Waals surface area contributed by atoms with Crippen LogP contribution in [0.25, 0.3) is 0 Å². The Morgan fingerprint density at radius 3 is 1.27 bits per heavy atom. The van der Waals surface area contributed by atoms with Crippen LogP contribution in [0.2, 0.25) is 0 Å². The van der Waals surface area contributed by atoms with Crippen LogP contribution in [-0.4, -0.2) is 92.1 Å². The second-order valence-electron chi connectivity index (χ2n) is 10.0. The van der Waals surface area contributed by atoms with Gasteiger partial charge < -0.3 is 53.8 Å². The van der Waals surface area contributed by atoms with Crippen LogP contribution in [0.3, 0.4) is 0 Å². The summed E-state index contributed by atoms with van der Waals surface area (Å²) in [7, 11) is 0. The summed E-state index contributed by atoms with van der Waals surface area (Å²) in [6.45, 7) is 13.5. The number of carbonyl (C=O) groups is 5. The lowest BCUT2D eigenvalue weighted by Crippen LogP contribution is -2.36. The van der Waals surface area contributed by atoms with Crippen molar-refractivity contribution >= 4 is 29.8 Å². The van der Waals surface area contributed by atoms with Gasteiger partial charge in [0.05, 0.1) is 0 Å². The lowest BCUT2D eigenvalue weighted by molar-refractivity contribution is -0.140. The predicted octanol–water partition coefficient (Wildman–Crippen LogP) is 0.184. The molecule has 15 heteroatoms. The van der Waals surface area contributed by atoms with Crippen LogP contribution < -0.4 is 28.3 Å². The van der Waals surface area contributed by atoms with Crippen LogP contribution in [0.5, 0.6) is 0 Å². The highest BCUT2D eigenvalue weighted by atomic mass is 16.4. The fourth-order valence-corrected chi connectivity index (χ4v) is 2.29. The van der Waals surface area contributed by atoms with Crippen molar-refractivity contribution in [2.45, 2.75) is 104 Å². The van der Waals surface area contributed by atoms with Crippen LogP contribution >= 0.6 is 0 Å². The van der Waals surface area contributed by atoms with Gasteiger partial charge in [0, 0.05) is 0 Å². The molecule has 0 bridgehead atoms. The maximum absolute atomic E-state index is 10.2. The number of nitrogens with two attached hydrogens (primary N) is 4. The first-order valence-electron chi connectivity index (χ1n) is 13.0. The molecule has 1 aliphatic rings. The second kappa shape index (κ2) is 25.1. The molecule has 15 nitrogen and oxygen atoms in total. The van der Waals surface area contributed by atoms with Gasteiger partial charge in [0.1, 0.15) is 30.2 Å². The minimum atomic E-state index is -0.963. The lowest BCUT2D eigenvalue weighted by atomic mass is 10.0. The molecule has 0 aromatic carbocycles. The van der Waals surface area contributed by atoms with Gasteiger partial charge in [-0.2, -0.15) is 0 Å². The highest BCUT2D eigenvalue weighted by Gasteiger charge is 2.20. The average molecular weight is 584 g/mol. The van der Waals surface area contributed by atoms with Crippen molar-refractivity contribution in [3.63, 3.8) is 0 Å². The normalized spacial score (nSPS) is 17.4. The zero-order chi connectivity index (χ0) is 32.7. The maximum atomic E-state index is 10.2. The monoisotopic (exact) mass is 583 g/mol. The fraction of sp³-hybridized carbons (Fsp3) is 0.800. The topological polar surface area (TPSA) is 303 Å². The van der Waals surface area contributed by atoms with Crippen LogP contribution in [0.1, 0.15) is 74.1 Å². The quantitative estimate of drug-likeness (QED) is 0.164. The van der Waals surface area contributed by atoms with Gasteiger partial charge in [-0.1, -0.05) is 48.0 Å². The molecule has 40 heavy (non-hydrogen) atoms. The minimum Gasteiger partial charge on any atom is -0.480 e. The van der Waals surface area contributed by atoms with Crippen molar-refractivity contribution in [1.82, 2.24) is 5.32 Å². The van der Waals surface area contributed by atoms with E-state index in [-0.39, 0.29) is 17.9 Å². The number of carboxylic acid groups (broad SMARTS) is 5. The Bertz CT molecular complexity index is 717. The first-order valence-corrected chi connectivity index (χ1v) is 13.0. The molecular weight excluding hydrogens is 530 g/mol. The first-order chi connectivity index (χ1) is 18.1. The molecule has 0 aromatic rings. The number of nitrogens with one attached hydrogen (secondary N) is 1. The van der Waals surface area contributed by atoms with Gasteiger partial charge in [-0.25, -0.2) is 0 Å². The zero-order valence-corrected chi connectivity index (χ0v) is 24.7. The van der Waals surface area contributed by atoms with Crippen LogP contribution in [0.4, 0.5) is 0 Å². The maximum Gasteiger partial charge on any atom is 0.320 e. The van der Waals surface area contributed by atoms with E-state index in [1.165, 1.54) is 6.92 Å².